The molecule has 1 aliphatic heterocycles. The third-order valence-electron chi connectivity index (χ3n) is 5.34. The van der Waals surface area contributed by atoms with E-state index in [4.69, 9.17) is 0 Å². The molecule has 1 saturated carbocycles. The van der Waals surface area contributed by atoms with Crippen LogP contribution in [0, 0.1) is 11.8 Å². The molecule has 1 heterocycles. The topological polar surface area (TPSA) is 52.6 Å². The normalized spacial score (nSPS) is 27.0. The Balaban J connectivity index is 2.02. The van der Waals surface area contributed by atoms with E-state index in [-0.39, 0.29) is 0 Å². The Bertz CT molecular complexity index is 344. The summed E-state index contributed by atoms with van der Waals surface area (Å²) in [5.74, 6) is 0.514. The van der Waals surface area contributed by atoms with Crippen LogP contribution in [0.2, 0.25) is 0 Å². The molecule has 2 aliphatic rings. The molecule has 2 fully saturated rings. The highest BCUT2D eigenvalue weighted by molar-refractivity contribution is 5.80. The number of carboxylic acids is 1. The molecule has 0 aromatic rings. The first-order valence-corrected chi connectivity index (χ1v) is 8.83. The fraction of sp³-hybridized carbons (Fsp3) is 0.941. The zero-order chi connectivity index (χ0) is 15.3. The highest BCUT2D eigenvalue weighted by atomic mass is 16.4. The smallest absolute Gasteiger partial charge is 0.325 e. The lowest BCUT2D eigenvalue weighted by molar-refractivity contribution is -0.147. The first-order chi connectivity index (χ1) is 10.1. The molecular formula is C17H32N2O2. The van der Waals surface area contributed by atoms with Crippen LogP contribution in [0.5, 0.6) is 0 Å². The van der Waals surface area contributed by atoms with E-state index in [2.05, 4.69) is 24.1 Å². The molecule has 2 atom stereocenters. The average molecular weight is 296 g/mol. The molecule has 2 rings (SSSR count). The summed E-state index contributed by atoms with van der Waals surface area (Å²) in [6.07, 6.45) is 8.12. The molecule has 0 aromatic carbocycles. The number of rotatable bonds is 8. The van der Waals surface area contributed by atoms with E-state index in [0.29, 0.717) is 12.5 Å². The van der Waals surface area contributed by atoms with Crippen molar-refractivity contribution in [3.8, 4) is 0 Å². The van der Waals surface area contributed by atoms with E-state index in [1.807, 2.05) is 0 Å². The van der Waals surface area contributed by atoms with Gasteiger partial charge >= 0.3 is 5.97 Å². The molecule has 0 radical (unpaired) electrons. The van der Waals surface area contributed by atoms with Crippen molar-refractivity contribution in [3.05, 3.63) is 0 Å². The van der Waals surface area contributed by atoms with Gasteiger partial charge in [-0.3, -0.25) is 4.79 Å². The second-order valence-electron chi connectivity index (χ2n) is 6.96. The maximum absolute atomic E-state index is 12.0. The summed E-state index contributed by atoms with van der Waals surface area (Å²) in [6, 6.07) is 0. The number of nitrogens with one attached hydrogen (secondary N) is 1. The third kappa shape index (κ3) is 4.19. The molecule has 2 N–H and O–H groups in total. The molecule has 21 heavy (non-hydrogen) atoms. The Morgan fingerprint density at radius 3 is 2.57 bits per heavy atom. The van der Waals surface area contributed by atoms with Crippen LogP contribution < -0.4 is 5.32 Å². The predicted octanol–water partition coefficient (Wildman–Crippen LogP) is 2.73. The maximum atomic E-state index is 12.0. The number of likely N-dealkylation sites (tertiary alicyclic amines) is 1. The summed E-state index contributed by atoms with van der Waals surface area (Å²) in [7, 11) is 0. The van der Waals surface area contributed by atoms with Crippen LogP contribution in [-0.4, -0.2) is 47.7 Å². The number of hydrogen-bond acceptors (Lipinski definition) is 3. The molecular weight excluding hydrogens is 264 g/mol. The molecule has 4 heteroatoms. The Kier molecular flexibility index (Phi) is 6.06. The van der Waals surface area contributed by atoms with Gasteiger partial charge in [-0.25, -0.2) is 0 Å². The third-order valence-corrected chi connectivity index (χ3v) is 5.34. The van der Waals surface area contributed by atoms with E-state index in [0.717, 1.165) is 44.8 Å². The van der Waals surface area contributed by atoms with Crippen molar-refractivity contribution < 1.29 is 9.90 Å². The first-order valence-electron chi connectivity index (χ1n) is 8.83. The maximum Gasteiger partial charge on any atom is 0.325 e. The molecule has 0 amide bonds. The van der Waals surface area contributed by atoms with Crippen LogP contribution in [0.25, 0.3) is 0 Å². The lowest BCUT2D eigenvalue weighted by Gasteiger charge is -2.36. The predicted molar refractivity (Wildman–Crippen MR) is 85.5 cm³/mol. The zero-order valence-corrected chi connectivity index (χ0v) is 13.7. The van der Waals surface area contributed by atoms with Gasteiger partial charge in [-0.15, -0.1) is 0 Å². The highest BCUT2D eigenvalue weighted by Gasteiger charge is 2.51. The number of hydrogen-bond donors (Lipinski definition) is 2. The van der Waals surface area contributed by atoms with Crippen molar-refractivity contribution in [1.29, 1.82) is 0 Å². The zero-order valence-electron chi connectivity index (χ0n) is 13.7. The van der Waals surface area contributed by atoms with Crippen molar-refractivity contribution in [3.63, 3.8) is 0 Å². The lowest BCUT2D eigenvalue weighted by atomic mass is 9.91. The van der Waals surface area contributed by atoms with Crippen LogP contribution in [0.4, 0.5) is 0 Å². The first kappa shape index (κ1) is 16.8. The molecule has 0 spiro atoms. The second-order valence-corrected chi connectivity index (χ2v) is 6.96. The van der Waals surface area contributed by atoms with Gasteiger partial charge in [0, 0.05) is 6.54 Å². The van der Waals surface area contributed by atoms with Gasteiger partial charge in [0.2, 0.25) is 0 Å². The van der Waals surface area contributed by atoms with Gasteiger partial charge in [0.15, 0.2) is 0 Å². The van der Waals surface area contributed by atoms with Crippen LogP contribution in [0.3, 0.4) is 0 Å². The summed E-state index contributed by atoms with van der Waals surface area (Å²) < 4.78 is 0. The van der Waals surface area contributed by atoms with Crippen LogP contribution in [0.1, 0.15) is 58.8 Å². The summed E-state index contributed by atoms with van der Waals surface area (Å²) in [4.78, 5) is 14.4. The monoisotopic (exact) mass is 296 g/mol. The fourth-order valence-corrected chi connectivity index (χ4v) is 3.72. The summed E-state index contributed by atoms with van der Waals surface area (Å²) >= 11 is 0. The van der Waals surface area contributed by atoms with Crippen molar-refractivity contribution in [2.45, 2.75) is 64.3 Å². The van der Waals surface area contributed by atoms with Crippen LogP contribution in [-0.2, 0) is 4.79 Å². The van der Waals surface area contributed by atoms with E-state index in [9.17, 15) is 9.90 Å². The molecule has 4 nitrogen and oxygen atoms in total. The van der Waals surface area contributed by atoms with Gasteiger partial charge in [-0.1, -0.05) is 20.3 Å². The molecule has 0 aromatic heterocycles. The van der Waals surface area contributed by atoms with E-state index in [1.54, 1.807) is 0 Å². The molecule has 2 unspecified atom stereocenters. The van der Waals surface area contributed by atoms with Crippen molar-refractivity contribution >= 4 is 5.97 Å². The minimum Gasteiger partial charge on any atom is -0.480 e. The quantitative estimate of drug-likeness (QED) is 0.723. The Morgan fingerprint density at radius 1 is 1.24 bits per heavy atom. The fourth-order valence-electron chi connectivity index (χ4n) is 3.72. The number of carbonyl (C=O) groups is 1. The van der Waals surface area contributed by atoms with Gasteiger partial charge < -0.3 is 15.3 Å². The Hall–Kier alpha value is -0.610. The second kappa shape index (κ2) is 7.59. The Morgan fingerprint density at radius 2 is 2.00 bits per heavy atom. The molecule has 122 valence electrons. The van der Waals surface area contributed by atoms with E-state index >= 15 is 0 Å². The van der Waals surface area contributed by atoms with Gasteiger partial charge in [0.1, 0.15) is 5.54 Å². The summed E-state index contributed by atoms with van der Waals surface area (Å²) in [5.41, 5.74) is -0.706. The summed E-state index contributed by atoms with van der Waals surface area (Å²) in [5, 5.41) is 13.3. The van der Waals surface area contributed by atoms with E-state index in [1.165, 1.54) is 25.7 Å². The van der Waals surface area contributed by atoms with Crippen molar-refractivity contribution in [1.82, 2.24) is 10.2 Å². The number of nitrogens with zero attached hydrogens (tertiary/aromatic N) is 1. The van der Waals surface area contributed by atoms with Gasteiger partial charge in [0.25, 0.3) is 0 Å². The Labute approximate surface area is 129 Å². The van der Waals surface area contributed by atoms with Crippen molar-refractivity contribution in [2.24, 2.45) is 11.8 Å². The standard InChI is InChI=1S/C17H32N2O2/c1-3-10-18-17(16(20)21,15-7-8-15)13-19-11-5-6-14(4-2)9-12-19/h14-15,18H,3-13H2,1-2H3,(H,20,21). The average Bonchev–Trinajstić information content (AvgIpc) is 3.30. The molecule has 1 saturated heterocycles. The van der Waals surface area contributed by atoms with Gasteiger partial charge in [-0.05, 0) is 70.0 Å². The van der Waals surface area contributed by atoms with E-state index < -0.39 is 11.5 Å². The van der Waals surface area contributed by atoms with Crippen molar-refractivity contribution in [2.75, 3.05) is 26.2 Å². The van der Waals surface area contributed by atoms with Gasteiger partial charge in [0.05, 0.1) is 0 Å². The lowest BCUT2D eigenvalue weighted by Crippen LogP contribution is -2.61. The molecule has 0 bridgehead atoms. The minimum atomic E-state index is -0.706. The SMILES string of the molecule is CCCNC(CN1CCCC(CC)CC1)(C(=O)O)C1CC1. The number of aliphatic carboxylic acids is 1. The minimum absolute atomic E-state index is 0.326. The molecule has 1 aliphatic carbocycles. The van der Waals surface area contributed by atoms with Crippen LogP contribution in [0.15, 0.2) is 0 Å². The summed E-state index contributed by atoms with van der Waals surface area (Å²) in [6.45, 7) is 7.98. The van der Waals surface area contributed by atoms with Gasteiger partial charge in [-0.2, -0.15) is 0 Å². The number of carboxylic acid groups (broad SMARTS) is 1. The largest absolute Gasteiger partial charge is 0.480 e. The highest BCUT2D eigenvalue weighted by Crippen LogP contribution is 2.41. The van der Waals surface area contributed by atoms with Crippen LogP contribution >= 0.6 is 0 Å².